The molecule has 2 heterocycles. The fraction of sp³-hybridized carbons (Fsp3) is 0.250. The number of piperazine rings is 1. The zero-order valence-corrected chi connectivity index (χ0v) is 19.6. The van der Waals surface area contributed by atoms with Crippen LogP contribution in [0.15, 0.2) is 79.1 Å². The second-order valence-electron chi connectivity index (χ2n) is 8.29. The lowest BCUT2D eigenvalue weighted by atomic mass is 10.1. The fourth-order valence-corrected chi connectivity index (χ4v) is 4.04. The van der Waals surface area contributed by atoms with Crippen molar-refractivity contribution in [3.8, 4) is 11.8 Å². The molecule has 0 atom stereocenters. The summed E-state index contributed by atoms with van der Waals surface area (Å²) in [5.74, 6) is 0.442. The molecular formula is C28H29N5O2. The Kier molecular flexibility index (Phi) is 8.47. The van der Waals surface area contributed by atoms with Gasteiger partial charge in [-0.3, -0.25) is 14.7 Å². The van der Waals surface area contributed by atoms with Gasteiger partial charge >= 0.3 is 0 Å². The smallest absolute Gasteiger partial charge is 0.248 e. The summed E-state index contributed by atoms with van der Waals surface area (Å²) in [5.41, 5.74) is 4.04. The van der Waals surface area contributed by atoms with Gasteiger partial charge in [-0.05, 0) is 60.0 Å². The lowest BCUT2D eigenvalue weighted by molar-refractivity contribution is -0.111. The van der Waals surface area contributed by atoms with Gasteiger partial charge in [0.15, 0.2) is 6.61 Å². The van der Waals surface area contributed by atoms with Gasteiger partial charge in [0.25, 0.3) is 0 Å². The van der Waals surface area contributed by atoms with Crippen molar-refractivity contribution in [2.75, 3.05) is 49.5 Å². The first-order chi connectivity index (χ1) is 17.2. The molecule has 1 aliphatic heterocycles. The van der Waals surface area contributed by atoms with Crippen LogP contribution < -0.4 is 15.0 Å². The van der Waals surface area contributed by atoms with Crippen molar-refractivity contribution in [1.82, 2.24) is 9.88 Å². The zero-order chi connectivity index (χ0) is 24.3. The molecule has 1 aliphatic rings. The van der Waals surface area contributed by atoms with E-state index in [0.29, 0.717) is 5.75 Å². The Morgan fingerprint density at radius 3 is 2.51 bits per heavy atom. The third-order valence-electron chi connectivity index (χ3n) is 5.95. The number of hydrogen-bond donors (Lipinski definition) is 1. The Bertz CT molecular complexity index is 1160. The van der Waals surface area contributed by atoms with Crippen LogP contribution in [0.25, 0.3) is 6.08 Å². The van der Waals surface area contributed by atoms with Crippen molar-refractivity contribution >= 4 is 23.4 Å². The van der Waals surface area contributed by atoms with Crippen molar-refractivity contribution in [2.45, 2.75) is 6.42 Å². The molecule has 7 nitrogen and oxygen atoms in total. The monoisotopic (exact) mass is 467 g/mol. The zero-order valence-electron chi connectivity index (χ0n) is 19.6. The highest BCUT2D eigenvalue weighted by Gasteiger charge is 2.19. The Labute approximate surface area is 206 Å². The lowest BCUT2D eigenvalue weighted by Crippen LogP contribution is -2.47. The van der Waals surface area contributed by atoms with Crippen molar-refractivity contribution in [3.05, 3.63) is 90.3 Å². The second-order valence-corrected chi connectivity index (χ2v) is 8.29. The first-order valence-electron chi connectivity index (χ1n) is 11.8. The Hall–Kier alpha value is -4.15. The van der Waals surface area contributed by atoms with Crippen LogP contribution >= 0.6 is 0 Å². The second kappa shape index (κ2) is 12.4. The summed E-state index contributed by atoms with van der Waals surface area (Å²) in [6, 6.07) is 21.3. The SMILES string of the molecule is N#CCOc1ccc(/C=C/C(=O)Nc2ccccc2N2CCN(CCc3ccncc3)CC2)cc1. The number of nitrogens with zero attached hydrogens (tertiary/aromatic N) is 4. The van der Waals surface area contributed by atoms with Crippen molar-refractivity contribution < 1.29 is 9.53 Å². The molecule has 0 spiro atoms. The lowest BCUT2D eigenvalue weighted by Gasteiger charge is -2.37. The maximum absolute atomic E-state index is 12.6. The number of carbonyl (C=O) groups excluding carboxylic acids is 1. The summed E-state index contributed by atoms with van der Waals surface area (Å²) >= 11 is 0. The third kappa shape index (κ3) is 7.16. The average Bonchev–Trinajstić information content (AvgIpc) is 2.91. The van der Waals surface area contributed by atoms with E-state index in [1.807, 2.05) is 48.8 Å². The van der Waals surface area contributed by atoms with E-state index < -0.39 is 0 Å². The molecule has 178 valence electrons. The van der Waals surface area contributed by atoms with Crippen LogP contribution in [0.2, 0.25) is 0 Å². The molecule has 7 heteroatoms. The topological polar surface area (TPSA) is 81.5 Å². The Morgan fingerprint density at radius 2 is 1.77 bits per heavy atom. The van der Waals surface area contributed by atoms with E-state index in [1.165, 1.54) is 11.6 Å². The fourth-order valence-electron chi connectivity index (χ4n) is 4.04. The van der Waals surface area contributed by atoms with Crippen molar-refractivity contribution in [3.63, 3.8) is 0 Å². The van der Waals surface area contributed by atoms with Crippen LogP contribution in [0.4, 0.5) is 11.4 Å². The van der Waals surface area contributed by atoms with Crippen LogP contribution in [0.1, 0.15) is 11.1 Å². The van der Waals surface area contributed by atoms with Crippen LogP contribution in [-0.2, 0) is 11.2 Å². The minimum absolute atomic E-state index is 0.0116. The number of hydrogen-bond acceptors (Lipinski definition) is 6. The summed E-state index contributed by atoms with van der Waals surface area (Å²) in [5, 5.41) is 11.6. The van der Waals surface area contributed by atoms with Gasteiger partial charge in [0.1, 0.15) is 11.8 Å². The number of nitrogens with one attached hydrogen (secondary N) is 1. The Balaban J connectivity index is 1.30. The molecule has 2 aromatic carbocycles. The molecular weight excluding hydrogens is 438 g/mol. The highest BCUT2D eigenvalue weighted by Crippen LogP contribution is 2.27. The number of anilines is 2. The number of benzene rings is 2. The van der Waals surface area contributed by atoms with E-state index in [0.717, 1.165) is 56.1 Å². The van der Waals surface area contributed by atoms with Gasteiger partial charge in [0.05, 0.1) is 11.4 Å². The molecule has 1 fully saturated rings. The van der Waals surface area contributed by atoms with Crippen LogP contribution in [0.3, 0.4) is 0 Å². The van der Waals surface area contributed by atoms with E-state index in [1.54, 1.807) is 18.2 Å². The first kappa shape index (κ1) is 24.0. The molecule has 0 aliphatic carbocycles. The maximum Gasteiger partial charge on any atom is 0.248 e. The standard InChI is InChI=1S/C28H29N5O2/c29-14-22-35-25-8-5-23(6-9-25)7-10-28(34)31-26-3-1-2-4-27(26)33-20-18-32(19-21-33)17-13-24-11-15-30-16-12-24/h1-12,15-16H,13,17-22H2,(H,31,34)/b10-7+. The van der Waals surface area contributed by atoms with Gasteiger partial charge in [-0.15, -0.1) is 0 Å². The highest BCUT2D eigenvalue weighted by molar-refractivity contribution is 6.03. The van der Waals surface area contributed by atoms with E-state index in [-0.39, 0.29) is 12.5 Å². The molecule has 1 saturated heterocycles. The predicted molar refractivity (Wildman–Crippen MR) is 138 cm³/mol. The van der Waals surface area contributed by atoms with Crippen molar-refractivity contribution in [1.29, 1.82) is 5.26 Å². The molecule has 0 bridgehead atoms. The molecule has 1 aromatic heterocycles. The first-order valence-corrected chi connectivity index (χ1v) is 11.8. The highest BCUT2D eigenvalue weighted by atomic mass is 16.5. The Morgan fingerprint density at radius 1 is 1.03 bits per heavy atom. The number of pyridine rings is 1. The minimum atomic E-state index is -0.182. The molecule has 0 saturated carbocycles. The summed E-state index contributed by atoms with van der Waals surface area (Å²) in [4.78, 5) is 21.5. The van der Waals surface area contributed by atoms with Crippen molar-refractivity contribution in [2.24, 2.45) is 0 Å². The number of aromatic nitrogens is 1. The summed E-state index contributed by atoms with van der Waals surface area (Å²) in [6.07, 6.45) is 8.00. The number of rotatable bonds is 9. The van der Waals surface area contributed by atoms with Crippen LogP contribution in [0, 0.1) is 11.3 Å². The summed E-state index contributed by atoms with van der Waals surface area (Å²) in [7, 11) is 0. The van der Waals surface area contributed by atoms with Gasteiger partial charge in [0, 0.05) is 51.2 Å². The van der Waals surface area contributed by atoms with E-state index >= 15 is 0 Å². The number of carbonyl (C=O) groups is 1. The van der Waals surface area contributed by atoms with Gasteiger partial charge in [0.2, 0.25) is 5.91 Å². The van der Waals surface area contributed by atoms with Crippen LogP contribution in [-0.4, -0.2) is 55.1 Å². The molecule has 3 aromatic rings. The summed E-state index contributed by atoms with van der Waals surface area (Å²) in [6.45, 7) is 4.85. The van der Waals surface area contributed by atoms with E-state index in [2.05, 4.69) is 38.3 Å². The average molecular weight is 468 g/mol. The molecule has 0 unspecified atom stereocenters. The minimum Gasteiger partial charge on any atom is -0.479 e. The maximum atomic E-state index is 12.6. The molecule has 4 rings (SSSR count). The van der Waals surface area contributed by atoms with Gasteiger partial charge in [-0.1, -0.05) is 24.3 Å². The van der Waals surface area contributed by atoms with Gasteiger partial charge in [-0.25, -0.2) is 0 Å². The third-order valence-corrected chi connectivity index (χ3v) is 5.95. The molecule has 35 heavy (non-hydrogen) atoms. The largest absolute Gasteiger partial charge is 0.479 e. The van der Waals surface area contributed by atoms with Gasteiger partial charge in [-0.2, -0.15) is 5.26 Å². The predicted octanol–water partition coefficient (Wildman–Crippen LogP) is 4.00. The number of amides is 1. The molecule has 1 N–H and O–H groups in total. The normalized spacial score (nSPS) is 14.0. The number of ether oxygens (including phenoxy) is 1. The quantitative estimate of drug-likeness (QED) is 0.479. The molecule has 1 amide bonds. The van der Waals surface area contributed by atoms with E-state index in [4.69, 9.17) is 10.00 Å². The van der Waals surface area contributed by atoms with E-state index in [9.17, 15) is 4.79 Å². The number of para-hydroxylation sites is 2. The number of nitriles is 1. The van der Waals surface area contributed by atoms with Crippen LogP contribution in [0.5, 0.6) is 5.75 Å². The van der Waals surface area contributed by atoms with Gasteiger partial charge < -0.3 is 15.0 Å². The summed E-state index contributed by atoms with van der Waals surface area (Å²) < 4.78 is 5.25. The molecule has 0 radical (unpaired) electrons.